The van der Waals surface area contributed by atoms with Crippen molar-refractivity contribution in [2.75, 3.05) is 23.7 Å². The molecule has 1 saturated heterocycles. The number of nitrogens with zero attached hydrogens (tertiary/aromatic N) is 2. The molecule has 2 heterocycles. The van der Waals surface area contributed by atoms with E-state index in [9.17, 15) is 4.79 Å². The van der Waals surface area contributed by atoms with Gasteiger partial charge in [-0.25, -0.2) is 9.97 Å². The number of fused-ring (bicyclic) bond motifs is 1. The van der Waals surface area contributed by atoms with Crippen LogP contribution in [0.4, 0.5) is 17.2 Å². The zero-order valence-electron chi connectivity index (χ0n) is 14.5. The molecule has 0 saturated carbocycles. The quantitative estimate of drug-likeness (QED) is 0.552. The molecule has 27 heavy (non-hydrogen) atoms. The summed E-state index contributed by atoms with van der Waals surface area (Å²) >= 11 is 3.47. The fraction of sp³-hybridized carbons (Fsp3) is 0.150. The highest BCUT2D eigenvalue weighted by Gasteiger charge is 2.10. The predicted molar refractivity (Wildman–Crippen MR) is 111 cm³/mol. The van der Waals surface area contributed by atoms with Gasteiger partial charge in [-0.2, -0.15) is 0 Å². The van der Waals surface area contributed by atoms with Gasteiger partial charge in [0, 0.05) is 33.9 Å². The summed E-state index contributed by atoms with van der Waals surface area (Å²) in [7, 11) is 0. The maximum Gasteiger partial charge on any atom is 0.248 e. The number of amides is 1. The Labute approximate surface area is 165 Å². The van der Waals surface area contributed by atoms with Crippen molar-refractivity contribution in [3.63, 3.8) is 0 Å². The Balaban J connectivity index is 1.60. The molecule has 1 aliphatic heterocycles. The highest BCUT2D eigenvalue weighted by Crippen LogP contribution is 2.27. The van der Waals surface area contributed by atoms with Crippen LogP contribution in [0.15, 0.2) is 64.9 Å². The summed E-state index contributed by atoms with van der Waals surface area (Å²) in [6, 6.07) is 13.5. The predicted octanol–water partition coefficient (Wildman–Crippen LogP) is 3.99. The molecule has 0 unspecified atom stereocenters. The first-order chi connectivity index (χ1) is 13.2. The van der Waals surface area contributed by atoms with E-state index in [0.717, 1.165) is 46.1 Å². The minimum Gasteiger partial charge on any atom is -0.340 e. The van der Waals surface area contributed by atoms with Gasteiger partial charge in [0.05, 0.1) is 5.52 Å². The van der Waals surface area contributed by atoms with Crippen molar-refractivity contribution < 1.29 is 4.79 Å². The summed E-state index contributed by atoms with van der Waals surface area (Å²) in [5, 5.41) is 10.3. The summed E-state index contributed by atoms with van der Waals surface area (Å²) in [5.41, 5.74) is 3.55. The van der Waals surface area contributed by atoms with Crippen LogP contribution in [0.3, 0.4) is 0 Å². The smallest absolute Gasteiger partial charge is 0.248 e. The Bertz CT molecular complexity index is 1030. The minimum atomic E-state index is -0.119. The van der Waals surface area contributed by atoms with Gasteiger partial charge >= 0.3 is 0 Å². The van der Waals surface area contributed by atoms with Crippen molar-refractivity contribution in [1.29, 1.82) is 0 Å². The lowest BCUT2D eigenvalue weighted by atomic mass is 10.2. The summed E-state index contributed by atoms with van der Waals surface area (Å²) < 4.78 is 0.980. The van der Waals surface area contributed by atoms with E-state index in [1.807, 2.05) is 42.5 Å². The van der Waals surface area contributed by atoms with E-state index in [1.54, 1.807) is 6.08 Å². The number of carbonyl (C=O) groups is 1. The van der Waals surface area contributed by atoms with Gasteiger partial charge in [0.25, 0.3) is 0 Å². The first-order valence-corrected chi connectivity index (χ1v) is 9.45. The van der Waals surface area contributed by atoms with Gasteiger partial charge in [-0.3, -0.25) is 4.79 Å². The van der Waals surface area contributed by atoms with Gasteiger partial charge in [-0.15, -0.1) is 0 Å². The van der Waals surface area contributed by atoms with Crippen molar-refractivity contribution >= 4 is 49.9 Å². The number of hydrogen-bond donors (Lipinski definition) is 3. The molecular formula is C20H18BrN5O. The van der Waals surface area contributed by atoms with Crippen molar-refractivity contribution in [2.45, 2.75) is 6.42 Å². The lowest BCUT2D eigenvalue weighted by Gasteiger charge is -2.10. The van der Waals surface area contributed by atoms with Crippen molar-refractivity contribution in [3.8, 4) is 0 Å². The second kappa shape index (κ2) is 7.85. The lowest BCUT2D eigenvalue weighted by molar-refractivity contribution is -0.112. The molecular weight excluding hydrogens is 406 g/mol. The fourth-order valence-corrected chi connectivity index (χ4v) is 3.41. The van der Waals surface area contributed by atoms with Gasteiger partial charge in [0.1, 0.15) is 12.1 Å². The lowest BCUT2D eigenvalue weighted by Crippen LogP contribution is -2.10. The Morgan fingerprint density at radius 1 is 1.15 bits per heavy atom. The summed E-state index contributed by atoms with van der Waals surface area (Å²) in [5.74, 6) is 0.568. The number of anilines is 3. The van der Waals surface area contributed by atoms with E-state index in [0.29, 0.717) is 11.5 Å². The van der Waals surface area contributed by atoms with Crippen LogP contribution in [-0.2, 0) is 4.79 Å². The maximum absolute atomic E-state index is 12.3. The molecule has 0 bridgehead atoms. The second-order valence-electron chi connectivity index (χ2n) is 6.31. The SMILES string of the molecule is O=C(C=C1CCNC1)Nc1ccc2ncnc(Nc3cccc(Br)c3)c2c1. The van der Waals surface area contributed by atoms with E-state index in [2.05, 4.69) is 41.8 Å². The number of halogens is 1. The molecule has 1 aromatic heterocycles. The van der Waals surface area contributed by atoms with Gasteiger partial charge in [-0.1, -0.05) is 22.0 Å². The number of nitrogens with one attached hydrogen (secondary N) is 3. The first kappa shape index (κ1) is 17.6. The van der Waals surface area contributed by atoms with E-state index in [4.69, 9.17) is 0 Å². The monoisotopic (exact) mass is 423 g/mol. The Morgan fingerprint density at radius 2 is 2.07 bits per heavy atom. The third-order valence-corrected chi connectivity index (χ3v) is 4.79. The molecule has 2 aromatic carbocycles. The molecule has 0 spiro atoms. The van der Waals surface area contributed by atoms with Crippen molar-refractivity contribution in [1.82, 2.24) is 15.3 Å². The molecule has 3 aromatic rings. The van der Waals surface area contributed by atoms with Gasteiger partial charge < -0.3 is 16.0 Å². The molecule has 4 rings (SSSR count). The van der Waals surface area contributed by atoms with Crippen LogP contribution in [0.2, 0.25) is 0 Å². The molecule has 1 amide bonds. The highest BCUT2D eigenvalue weighted by molar-refractivity contribution is 9.10. The van der Waals surface area contributed by atoms with E-state index in [1.165, 1.54) is 6.33 Å². The number of aromatic nitrogens is 2. The molecule has 1 aliphatic rings. The molecule has 3 N–H and O–H groups in total. The second-order valence-corrected chi connectivity index (χ2v) is 7.22. The Kier molecular flexibility index (Phi) is 5.13. The standard InChI is InChI=1S/C20H18BrN5O/c21-14-2-1-3-15(9-14)26-20-17-10-16(4-5-18(17)23-12-24-20)25-19(27)8-13-6-7-22-11-13/h1-5,8-10,12,22H,6-7,11H2,(H,25,27)(H,23,24,26). The molecule has 136 valence electrons. The molecule has 0 aliphatic carbocycles. The number of carbonyl (C=O) groups excluding carboxylic acids is 1. The molecule has 0 radical (unpaired) electrons. The topological polar surface area (TPSA) is 78.9 Å². The molecule has 6 nitrogen and oxygen atoms in total. The summed E-state index contributed by atoms with van der Waals surface area (Å²) in [4.78, 5) is 20.9. The van der Waals surface area contributed by atoms with Crippen LogP contribution < -0.4 is 16.0 Å². The summed E-state index contributed by atoms with van der Waals surface area (Å²) in [6.07, 6.45) is 4.12. The first-order valence-electron chi connectivity index (χ1n) is 8.66. The van der Waals surface area contributed by atoms with Crippen LogP contribution >= 0.6 is 15.9 Å². The van der Waals surface area contributed by atoms with E-state index >= 15 is 0 Å². The average Bonchev–Trinajstić information content (AvgIpc) is 3.15. The number of hydrogen-bond acceptors (Lipinski definition) is 5. The fourth-order valence-electron chi connectivity index (χ4n) is 3.01. The van der Waals surface area contributed by atoms with Gasteiger partial charge in [-0.05, 0) is 54.9 Å². The van der Waals surface area contributed by atoms with Crippen molar-refractivity contribution in [2.24, 2.45) is 0 Å². The van der Waals surface area contributed by atoms with Crippen LogP contribution in [0.1, 0.15) is 6.42 Å². The van der Waals surface area contributed by atoms with Gasteiger partial charge in [0.2, 0.25) is 5.91 Å². The highest BCUT2D eigenvalue weighted by atomic mass is 79.9. The molecule has 0 atom stereocenters. The minimum absolute atomic E-state index is 0.119. The third-order valence-electron chi connectivity index (χ3n) is 4.30. The van der Waals surface area contributed by atoms with Crippen molar-refractivity contribution in [3.05, 3.63) is 64.9 Å². The normalized spacial score (nSPS) is 15.2. The van der Waals surface area contributed by atoms with Crippen LogP contribution in [0.25, 0.3) is 10.9 Å². The maximum atomic E-state index is 12.3. The summed E-state index contributed by atoms with van der Waals surface area (Å²) in [6.45, 7) is 1.71. The van der Waals surface area contributed by atoms with Crippen LogP contribution in [0, 0.1) is 0 Å². The zero-order valence-corrected chi connectivity index (χ0v) is 16.1. The van der Waals surface area contributed by atoms with Crippen LogP contribution in [-0.4, -0.2) is 29.0 Å². The molecule has 7 heteroatoms. The largest absolute Gasteiger partial charge is 0.340 e. The number of benzene rings is 2. The zero-order chi connectivity index (χ0) is 18.6. The average molecular weight is 424 g/mol. The Morgan fingerprint density at radius 3 is 2.89 bits per heavy atom. The van der Waals surface area contributed by atoms with E-state index in [-0.39, 0.29) is 5.91 Å². The van der Waals surface area contributed by atoms with Crippen LogP contribution in [0.5, 0.6) is 0 Å². The van der Waals surface area contributed by atoms with Gasteiger partial charge in [0.15, 0.2) is 0 Å². The Hall–Kier alpha value is -2.77. The number of rotatable bonds is 4. The van der Waals surface area contributed by atoms with E-state index < -0.39 is 0 Å². The third kappa shape index (κ3) is 4.32. The molecule has 1 fully saturated rings.